The van der Waals surface area contributed by atoms with Crippen LogP contribution in [-0.4, -0.2) is 15.7 Å². The van der Waals surface area contributed by atoms with Gasteiger partial charge in [0.25, 0.3) is 5.91 Å². The van der Waals surface area contributed by atoms with E-state index >= 15 is 0 Å². The van der Waals surface area contributed by atoms with Gasteiger partial charge >= 0.3 is 0 Å². The largest absolute Gasteiger partial charge is 0.489 e. The first-order valence-electron chi connectivity index (χ1n) is 7.80. The maximum absolute atomic E-state index is 12.5. The van der Waals surface area contributed by atoms with Crippen molar-refractivity contribution in [3.8, 4) is 5.75 Å². The molecular weight excluding hydrogens is 382 g/mol. The first-order chi connectivity index (χ1) is 12.0. The fourth-order valence-corrected chi connectivity index (χ4v) is 2.72. The summed E-state index contributed by atoms with van der Waals surface area (Å²) in [4.78, 5) is 12.5. The zero-order valence-electron chi connectivity index (χ0n) is 14.0. The van der Waals surface area contributed by atoms with Crippen LogP contribution < -0.4 is 10.1 Å². The van der Waals surface area contributed by atoms with Crippen molar-refractivity contribution < 1.29 is 9.53 Å². The van der Waals surface area contributed by atoms with Gasteiger partial charge in [-0.15, -0.1) is 0 Å². The number of hydrogen-bond donors (Lipinski definition) is 1. The molecule has 6 heteroatoms. The fraction of sp³-hybridized carbons (Fsp3) is 0.158. The third kappa shape index (κ3) is 4.28. The highest BCUT2D eigenvalue weighted by Gasteiger charge is 2.11. The number of carbonyl (C=O) groups excluding carboxylic acids is 1. The van der Waals surface area contributed by atoms with Crippen LogP contribution in [0.2, 0.25) is 0 Å². The average Bonchev–Trinajstić information content (AvgIpc) is 2.92. The number of ether oxygens (including phenoxy) is 1. The molecule has 0 bridgehead atoms. The lowest BCUT2D eigenvalue weighted by atomic mass is 10.1. The summed E-state index contributed by atoms with van der Waals surface area (Å²) in [6, 6.07) is 15.1. The summed E-state index contributed by atoms with van der Waals surface area (Å²) < 4.78 is 8.46. The highest BCUT2D eigenvalue weighted by atomic mass is 79.9. The van der Waals surface area contributed by atoms with Crippen molar-refractivity contribution in [2.75, 3.05) is 5.32 Å². The van der Waals surface area contributed by atoms with Crippen molar-refractivity contribution in [1.29, 1.82) is 0 Å². The minimum atomic E-state index is -0.166. The van der Waals surface area contributed by atoms with Crippen LogP contribution in [0.3, 0.4) is 0 Å². The van der Waals surface area contributed by atoms with Gasteiger partial charge < -0.3 is 10.1 Å². The van der Waals surface area contributed by atoms with E-state index in [0.29, 0.717) is 17.9 Å². The molecule has 0 aliphatic rings. The third-order valence-corrected chi connectivity index (χ3v) is 4.37. The number of benzene rings is 2. The molecule has 0 saturated heterocycles. The molecular formula is C19H18BrN3O2. The summed E-state index contributed by atoms with van der Waals surface area (Å²) >= 11 is 3.42. The average molecular weight is 400 g/mol. The van der Waals surface area contributed by atoms with Gasteiger partial charge in [0.05, 0.1) is 17.6 Å². The quantitative estimate of drug-likeness (QED) is 0.694. The van der Waals surface area contributed by atoms with Crippen LogP contribution in [0.1, 0.15) is 21.6 Å². The Balaban J connectivity index is 1.68. The van der Waals surface area contributed by atoms with Gasteiger partial charge in [-0.05, 0) is 42.8 Å². The first kappa shape index (κ1) is 17.2. The topological polar surface area (TPSA) is 56.1 Å². The van der Waals surface area contributed by atoms with Gasteiger partial charge in [-0.3, -0.25) is 9.48 Å². The monoisotopic (exact) mass is 399 g/mol. The van der Waals surface area contributed by atoms with Gasteiger partial charge in [-0.2, -0.15) is 5.10 Å². The molecule has 25 heavy (non-hydrogen) atoms. The second kappa shape index (κ2) is 7.53. The van der Waals surface area contributed by atoms with Gasteiger partial charge in [0.15, 0.2) is 0 Å². The number of carbonyl (C=O) groups is 1. The minimum absolute atomic E-state index is 0.166. The van der Waals surface area contributed by atoms with E-state index in [4.69, 9.17) is 4.74 Å². The summed E-state index contributed by atoms with van der Waals surface area (Å²) in [7, 11) is 1.84. The number of anilines is 1. The van der Waals surface area contributed by atoms with Crippen LogP contribution in [0.5, 0.6) is 5.75 Å². The van der Waals surface area contributed by atoms with Crippen molar-refractivity contribution in [2.24, 2.45) is 7.05 Å². The van der Waals surface area contributed by atoms with Crippen LogP contribution >= 0.6 is 15.9 Å². The van der Waals surface area contributed by atoms with E-state index in [9.17, 15) is 4.79 Å². The Kier molecular flexibility index (Phi) is 5.19. The number of aromatic nitrogens is 2. The van der Waals surface area contributed by atoms with Gasteiger partial charge in [0.2, 0.25) is 0 Å². The Hall–Kier alpha value is -2.60. The predicted octanol–water partition coefficient (Wildman–Crippen LogP) is 4.32. The van der Waals surface area contributed by atoms with Crippen LogP contribution in [0, 0.1) is 6.92 Å². The Bertz CT molecular complexity index is 905. The van der Waals surface area contributed by atoms with E-state index in [1.54, 1.807) is 16.9 Å². The van der Waals surface area contributed by atoms with E-state index in [1.165, 1.54) is 0 Å². The number of halogens is 1. The van der Waals surface area contributed by atoms with Crippen LogP contribution in [0.25, 0.3) is 0 Å². The molecule has 0 unspecified atom stereocenters. The Morgan fingerprint density at radius 3 is 2.76 bits per heavy atom. The number of rotatable bonds is 5. The van der Waals surface area contributed by atoms with Crippen LogP contribution in [0.4, 0.5) is 5.69 Å². The summed E-state index contributed by atoms with van der Waals surface area (Å²) in [5.41, 5.74) is 3.12. The van der Waals surface area contributed by atoms with E-state index < -0.39 is 0 Å². The van der Waals surface area contributed by atoms with E-state index in [0.717, 1.165) is 21.5 Å². The van der Waals surface area contributed by atoms with Crippen molar-refractivity contribution in [3.05, 3.63) is 76.0 Å². The standard InChI is InChI=1S/C19H18BrN3O2/c1-13-18(11-21-23(13)2)22-19(24)15-6-3-5-14(9-15)12-25-17-8-4-7-16(20)10-17/h3-11H,12H2,1-2H3,(H,22,24). The number of nitrogens with one attached hydrogen (secondary N) is 1. The van der Waals surface area contributed by atoms with Gasteiger partial charge in [0.1, 0.15) is 12.4 Å². The lowest BCUT2D eigenvalue weighted by Gasteiger charge is -2.09. The Morgan fingerprint density at radius 2 is 2.04 bits per heavy atom. The summed E-state index contributed by atoms with van der Waals surface area (Å²) in [6.07, 6.45) is 1.65. The number of aryl methyl sites for hydroxylation is 1. The Morgan fingerprint density at radius 1 is 1.24 bits per heavy atom. The van der Waals surface area contributed by atoms with E-state index in [1.807, 2.05) is 56.4 Å². The van der Waals surface area contributed by atoms with Gasteiger partial charge in [-0.1, -0.05) is 34.1 Å². The molecule has 3 aromatic rings. The van der Waals surface area contributed by atoms with E-state index in [2.05, 4.69) is 26.3 Å². The molecule has 5 nitrogen and oxygen atoms in total. The van der Waals surface area contributed by atoms with Crippen molar-refractivity contribution in [1.82, 2.24) is 9.78 Å². The molecule has 0 spiro atoms. The molecule has 2 aromatic carbocycles. The lowest BCUT2D eigenvalue weighted by Crippen LogP contribution is -2.13. The van der Waals surface area contributed by atoms with Gasteiger partial charge in [-0.25, -0.2) is 0 Å². The number of amides is 1. The van der Waals surface area contributed by atoms with Gasteiger partial charge in [0, 0.05) is 17.1 Å². The number of hydrogen-bond acceptors (Lipinski definition) is 3. The zero-order chi connectivity index (χ0) is 17.8. The molecule has 3 rings (SSSR count). The third-order valence-electron chi connectivity index (χ3n) is 3.87. The second-order valence-corrected chi connectivity index (χ2v) is 6.58. The zero-order valence-corrected chi connectivity index (χ0v) is 15.6. The van der Waals surface area contributed by atoms with Crippen molar-refractivity contribution >= 4 is 27.5 Å². The molecule has 0 aliphatic carbocycles. The number of nitrogens with zero attached hydrogens (tertiary/aromatic N) is 2. The maximum Gasteiger partial charge on any atom is 0.255 e. The normalized spacial score (nSPS) is 10.5. The maximum atomic E-state index is 12.5. The SMILES string of the molecule is Cc1c(NC(=O)c2cccc(COc3cccc(Br)c3)c2)cnn1C. The second-order valence-electron chi connectivity index (χ2n) is 5.67. The lowest BCUT2D eigenvalue weighted by molar-refractivity contribution is 0.102. The molecule has 128 valence electrons. The smallest absolute Gasteiger partial charge is 0.255 e. The van der Waals surface area contributed by atoms with Crippen molar-refractivity contribution in [2.45, 2.75) is 13.5 Å². The molecule has 1 amide bonds. The molecule has 0 atom stereocenters. The Labute approximate surface area is 154 Å². The van der Waals surface area contributed by atoms with Crippen LogP contribution in [-0.2, 0) is 13.7 Å². The predicted molar refractivity (Wildman–Crippen MR) is 101 cm³/mol. The molecule has 0 radical (unpaired) electrons. The minimum Gasteiger partial charge on any atom is -0.489 e. The highest BCUT2D eigenvalue weighted by Crippen LogP contribution is 2.19. The van der Waals surface area contributed by atoms with Crippen molar-refractivity contribution in [3.63, 3.8) is 0 Å². The summed E-state index contributed by atoms with van der Waals surface area (Å²) in [5.74, 6) is 0.607. The summed E-state index contributed by atoms with van der Waals surface area (Å²) in [5, 5.41) is 7.02. The fourth-order valence-electron chi connectivity index (χ4n) is 2.34. The first-order valence-corrected chi connectivity index (χ1v) is 8.59. The molecule has 0 fully saturated rings. The molecule has 1 N–H and O–H groups in total. The molecule has 1 aromatic heterocycles. The summed E-state index contributed by atoms with van der Waals surface area (Å²) in [6.45, 7) is 2.30. The molecule has 1 heterocycles. The van der Waals surface area contributed by atoms with E-state index in [-0.39, 0.29) is 5.91 Å². The molecule has 0 aliphatic heterocycles. The molecule has 0 saturated carbocycles. The van der Waals surface area contributed by atoms with Crippen LogP contribution in [0.15, 0.2) is 59.2 Å². The highest BCUT2D eigenvalue weighted by molar-refractivity contribution is 9.10.